The smallest absolute Gasteiger partial charge is 0.271 e. The molecule has 0 bridgehead atoms. The van der Waals surface area contributed by atoms with E-state index < -0.39 is 5.60 Å². The summed E-state index contributed by atoms with van der Waals surface area (Å²) in [7, 11) is 0. The van der Waals surface area contributed by atoms with Crippen LogP contribution in [0.1, 0.15) is 29.9 Å². The van der Waals surface area contributed by atoms with E-state index in [9.17, 15) is 15.2 Å². The van der Waals surface area contributed by atoms with E-state index in [1.165, 1.54) is 6.20 Å². The van der Waals surface area contributed by atoms with Crippen molar-refractivity contribution >= 4 is 28.8 Å². The van der Waals surface area contributed by atoms with Crippen LogP contribution in [0.5, 0.6) is 5.75 Å². The first-order valence-corrected chi connectivity index (χ1v) is 13.0. The number of nitrogens with one attached hydrogen (secondary N) is 1. The number of pyridine rings is 3. The molecule has 4 aromatic rings. The fraction of sp³-hybridized carbons (Fsp3) is 0.321. The molecule has 11 heteroatoms. The summed E-state index contributed by atoms with van der Waals surface area (Å²) in [4.78, 5) is 23.6. The zero-order chi connectivity index (χ0) is 27.3. The maximum atomic E-state index is 12.6. The van der Waals surface area contributed by atoms with Gasteiger partial charge in [-0.15, -0.1) is 0 Å². The minimum absolute atomic E-state index is 0.106. The maximum absolute atomic E-state index is 12.6. The molecule has 1 amide bonds. The summed E-state index contributed by atoms with van der Waals surface area (Å²) in [6.45, 7) is 5.04. The van der Waals surface area contributed by atoms with E-state index in [4.69, 9.17) is 21.3 Å². The van der Waals surface area contributed by atoms with Crippen molar-refractivity contribution in [1.29, 1.82) is 5.26 Å². The average Bonchev–Trinajstić information content (AvgIpc) is 3.25. The standard InChI is InChI=1S/C28H26ClN7O3/c1-28(2,38)15-39-18-8-19(26-17(9-30)11-33-36(26)12-18)16-5-6-23(32-10-16)35-13-20-21(14-35)24(20)34-27(37)25-22(29)4-3-7-31-25/h3-8,10-12,20-21,24,38H,13-15H2,1-2H3,(H,34,37)/t20-,21+,24?. The normalized spacial score (nSPS) is 20.0. The molecule has 1 aliphatic heterocycles. The summed E-state index contributed by atoms with van der Waals surface area (Å²) in [6, 6.07) is 11.4. The molecule has 10 nitrogen and oxygen atoms in total. The Balaban J connectivity index is 1.17. The van der Waals surface area contributed by atoms with Crippen LogP contribution >= 0.6 is 11.6 Å². The van der Waals surface area contributed by atoms with E-state index in [2.05, 4.69) is 26.4 Å². The highest BCUT2D eigenvalue weighted by atomic mass is 35.5. The summed E-state index contributed by atoms with van der Waals surface area (Å²) in [5.74, 6) is 1.84. The van der Waals surface area contributed by atoms with Crippen molar-refractivity contribution in [3.63, 3.8) is 0 Å². The molecule has 2 fully saturated rings. The fourth-order valence-corrected chi connectivity index (χ4v) is 5.38. The van der Waals surface area contributed by atoms with Crippen molar-refractivity contribution in [3.8, 4) is 22.9 Å². The Morgan fingerprint density at radius 3 is 2.72 bits per heavy atom. The molecule has 6 rings (SSSR count). The second-order valence-electron chi connectivity index (χ2n) is 10.6. The molecule has 0 aromatic carbocycles. The maximum Gasteiger partial charge on any atom is 0.271 e. The molecule has 1 saturated carbocycles. The third kappa shape index (κ3) is 4.87. The highest BCUT2D eigenvalue weighted by Crippen LogP contribution is 2.46. The van der Waals surface area contributed by atoms with E-state index in [0.29, 0.717) is 33.7 Å². The number of fused-ring (bicyclic) bond motifs is 2. The van der Waals surface area contributed by atoms with Crippen molar-refractivity contribution in [1.82, 2.24) is 24.9 Å². The molecule has 0 radical (unpaired) electrons. The van der Waals surface area contributed by atoms with Crippen molar-refractivity contribution < 1.29 is 14.6 Å². The number of carbonyl (C=O) groups is 1. The lowest BCUT2D eigenvalue weighted by atomic mass is 10.1. The molecule has 5 heterocycles. The fourth-order valence-electron chi connectivity index (χ4n) is 5.17. The third-order valence-corrected chi connectivity index (χ3v) is 7.45. The van der Waals surface area contributed by atoms with Crippen LogP contribution in [0.25, 0.3) is 16.6 Å². The van der Waals surface area contributed by atoms with Crippen LogP contribution < -0.4 is 15.0 Å². The summed E-state index contributed by atoms with van der Waals surface area (Å²) in [5.41, 5.74) is 1.94. The van der Waals surface area contributed by atoms with Gasteiger partial charge in [0.05, 0.1) is 34.1 Å². The van der Waals surface area contributed by atoms with Gasteiger partial charge in [-0.1, -0.05) is 11.6 Å². The summed E-state index contributed by atoms with van der Waals surface area (Å²) >= 11 is 6.11. The van der Waals surface area contributed by atoms with Gasteiger partial charge in [0.2, 0.25) is 0 Å². The van der Waals surface area contributed by atoms with Crippen LogP contribution in [-0.2, 0) is 0 Å². The molecule has 1 unspecified atom stereocenters. The van der Waals surface area contributed by atoms with Gasteiger partial charge < -0.3 is 20.1 Å². The molecule has 1 aliphatic carbocycles. The van der Waals surface area contributed by atoms with Crippen LogP contribution in [0.4, 0.5) is 5.82 Å². The predicted molar refractivity (Wildman–Crippen MR) is 145 cm³/mol. The molecule has 3 atom stereocenters. The van der Waals surface area contributed by atoms with Crippen LogP contribution in [0, 0.1) is 23.2 Å². The second-order valence-corrected chi connectivity index (χ2v) is 11.0. The Bertz CT molecular complexity index is 1590. The first-order chi connectivity index (χ1) is 18.7. The summed E-state index contributed by atoms with van der Waals surface area (Å²) in [5, 5.41) is 27.4. The molecule has 4 aromatic heterocycles. The van der Waals surface area contributed by atoms with Crippen molar-refractivity contribution in [3.05, 3.63) is 71.4 Å². The van der Waals surface area contributed by atoms with Crippen LogP contribution in [0.2, 0.25) is 5.02 Å². The second kappa shape index (κ2) is 9.52. The molecule has 2 N–H and O–H groups in total. The molecule has 1 saturated heterocycles. The number of hydrogen-bond acceptors (Lipinski definition) is 8. The molecule has 198 valence electrons. The molecule has 39 heavy (non-hydrogen) atoms. The Kier molecular flexibility index (Phi) is 6.13. The Morgan fingerprint density at radius 2 is 2.05 bits per heavy atom. The van der Waals surface area contributed by atoms with E-state index in [0.717, 1.165) is 30.0 Å². The number of nitriles is 1. The van der Waals surface area contributed by atoms with Gasteiger partial charge in [-0.3, -0.25) is 4.79 Å². The average molecular weight is 544 g/mol. The zero-order valence-electron chi connectivity index (χ0n) is 21.4. The van der Waals surface area contributed by atoms with E-state index >= 15 is 0 Å². The number of ether oxygens (including phenoxy) is 1. The number of aromatic nitrogens is 4. The topological polar surface area (TPSA) is 129 Å². The van der Waals surface area contributed by atoms with Gasteiger partial charge in [0.15, 0.2) is 0 Å². The van der Waals surface area contributed by atoms with Crippen LogP contribution in [0.3, 0.4) is 0 Å². The minimum Gasteiger partial charge on any atom is -0.489 e. The quantitative estimate of drug-likeness (QED) is 0.363. The molecular formula is C28H26ClN7O3. The van der Waals surface area contributed by atoms with Gasteiger partial charge >= 0.3 is 0 Å². The largest absolute Gasteiger partial charge is 0.489 e. The monoisotopic (exact) mass is 543 g/mol. The third-order valence-electron chi connectivity index (χ3n) is 7.15. The lowest BCUT2D eigenvalue weighted by Crippen LogP contribution is -2.35. The van der Waals surface area contributed by atoms with Crippen molar-refractivity contribution in [2.45, 2.75) is 25.5 Å². The predicted octanol–water partition coefficient (Wildman–Crippen LogP) is 3.33. The lowest BCUT2D eigenvalue weighted by Gasteiger charge is -2.21. The molecule has 0 spiro atoms. The number of piperidine rings is 1. The molecule has 2 aliphatic rings. The number of rotatable bonds is 7. The molecular weight excluding hydrogens is 518 g/mol. The number of amides is 1. The lowest BCUT2D eigenvalue weighted by molar-refractivity contribution is 0.0283. The van der Waals surface area contributed by atoms with Crippen LogP contribution in [0.15, 0.2) is 55.1 Å². The van der Waals surface area contributed by atoms with E-state index in [-0.39, 0.29) is 24.2 Å². The minimum atomic E-state index is -0.996. The Labute approximate surface area is 229 Å². The van der Waals surface area contributed by atoms with Gasteiger partial charge in [0, 0.05) is 54.5 Å². The van der Waals surface area contributed by atoms with E-state index in [1.54, 1.807) is 49.1 Å². The van der Waals surface area contributed by atoms with Crippen LogP contribution in [-0.4, -0.2) is 61.9 Å². The number of anilines is 1. The Morgan fingerprint density at radius 1 is 1.26 bits per heavy atom. The SMILES string of the molecule is CC(C)(O)COc1cc(-c2ccc(N3C[C@@H]4C(NC(=O)c5ncccc5Cl)[C@@H]4C3)nc2)c2c(C#N)cnn2c1. The number of carbonyl (C=O) groups excluding carboxylic acids is 1. The van der Waals surface area contributed by atoms with Gasteiger partial charge in [-0.05, 0) is 44.2 Å². The van der Waals surface area contributed by atoms with Crippen molar-refractivity contribution in [2.75, 3.05) is 24.6 Å². The van der Waals surface area contributed by atoms with Gasteiger partial charge in [0.1, 0.15) is 29.9 Å². The summed E-state index contributed by atoms with van der Waals surface area (Å²) < 4.78 is 7.43. The summed E-state index contributed by atoms with van der Waals surface area (Å²) in [6.07, 6.45) is 6.56. The highest BCUT2D eigenvalue weighted by Gasteiger charge is 2.56. The van der Waals surface area contributed by atoms with Crippen molar-refractivity contribution in [2.24, 2.45) is 11.8 Å². The van der Waals surface area contributed by atoms with Gasteiger partial charge in [-0.2, -0.15) is 10.4 Å². The van der Waals surface area contributed by atoms with Gasteiger partial charge in [0.25, 0.3) is 5.91 Å². The number of halogens is 1. The number of hydrogen-bond donors (Lipinski definition) is 2. The number of aliphatic hydroxyl groups is 1. The van der Waals surface area contributed by atoms with Gasteiger partial charge in [-0.25, -0.2) is 14.5 Å². The highest BCUT2D eigenvalue weighted by molar-refractivity contribution is 6.33. The number of nitrogens with zero attached hydrogens (tertiary/aromatic N) is 6. The zero-order valence-corrected chi connectivity index (χ0v) is 22.1. The van der Waals surface area contributed by atoms with E-state index in [1.807, 2.05) is 18.2 Å². The Hall–Kier alpha value is -4.20. The first kappa shape index (κ1) is 25.1. The first-order valence-electron chi connectivity index (χ1n) is 12.6.